The fourth-order valence-electron chi connectivity index (χ4n) is 5.24. The Morgan fingerprint density at radius 3 is 2.11 bits per heavy atom. The van der Waals surface area contributed by atoms with Crippen LogP contribution in [0.4, 0.5) is 0 Å². The highest BCUT2D eigenvalue weighted by Crippen LogP contribution is 2.33. The van der Waals surface area contributed by atoms with Crippen LogP contribution < -0.4 is 0 Å². The third kappa shape index (κ3) is 3.11. The van der Waals surface area contributed by atoms with Crippen molar-refractivity contribution in [2.24, 2.45) is 0 Å². The lowest BCUT2D eigenvalue weighted by Gasteiger charge is -2.07. The van der Waals surface area contributed by atoms with Crippen molar-refractivity contribution >= 4 is 38.9 Å². The number of nitrogens with zero attached hydrogens (tertiary/aromatic N) is 5. The van der Waals surface area contributed by atoms with E-state index in [1.807, 2.05) is 54.7 Å². The molecule has 0 spiro atoms. The molecule has 0 atom stereocenters. The molecule has 0 saturated heterocycles. The fourth-order valence-corrected chi connectivity index (χ4v) is 5.24. The van der Waals surface area contributed by atoms with E-state index in [9.17, 15) is 0 Å². The van der Waals surface area contributed by atoms with Crippen LogP contribution in [-0.4, -0.2) is 23.9 Å². The number of hydrogen-bond donors (Lipinski definition) is 0. The first-order chi connectivity index (χ1) is 18.8. The van der Waals surface area contributed by atoms with Gasteiger partial charge in [0.25, 0.3) is 0 Å². The lowest BCUT2D eigenvalue weighted by molar-refractivity contribution is 1.04. The van der Waals surface area contributed by atoms with Gasteiger partial charge in [-0.25, -0.2) is 9.97 Å². The van der Waals surface area contributed by atoms with Crippen molar-refractivity contribution in [3.05, 3.63) is 128 Å². The lowest BCUT2D eigenvalue weighted by Crippen LogP contribution is -2.00. The van der Waals surface area contributed by atoms with Crippen LogP contribution in [0.2, 0.25) is 0 Å². The Balaban J connectivity index is 1.35. The van der Waals surface area contributed by atoms with E-state index in [2.05, 4.69) is 86.7 Å². The van der Waals surface area contributed by atoms with Gasteiger partial charge in [0.1, 0.15) is 0 Å². The third-order valence-corrected chi connectivity index (χ3v) is 7.07. The minimum absolute atomic E-state index is 0.744. The average Bonchev–Trinajstić information content (AvgIpc) is 3.52. The van der Waals surface area contributed by atoms with Gasteiger partial charge in [0.2, 0.25) is 5.78 Å². The third-order valence-electron chi connectivity index (χ3n) is 7.07. The number of imidazole rings is 2. The Hall–Kier alpha value is -5.47. The van der Waals surface area contributed by atoms with E-state index >= 15 is 0 Å². The van der Waals surface area contributed by atoms with Crippen molar-refractivity contribution in [1.82, 2.24) is 23.9 Å². The predicted octanol–water partition coefficient (Wildman–Crippen LogP) is 7.31. The molecule has 0 saturated carbocycles. The van der Waals surface area contributed by atoms with Gasteiger partial charge >= 0.3 is 0 Å². The van der Waals surface area contributed by atoms with Gasteiger partial charge in [0, 0.05) is 0 Å². The summed E-state index contributed by atoms with van der Waals surface area (Å²) in [4.78, 5) is 14.6. The minimum atomic E-state index is 0.744. The van der Waals surface area contributed by atoms with Crippen LogP contribution in [-0.2, 0) is 0 Å². The van der Waals surface area contributed by atoms with Crippen LogP contribution in [0.5, 0.6) is 0 Å². The molecule has 0 aliphatic carbocycles. The van der Waals surface area contributed by atoms with Crippen molar-refractivity contribution in [2.75, 3.05) is 0 Å². The number of hydrogen-bond acceptors (Lipinski definition) is 3. The molecule has 0 radical (unpaired) electrons. The van der Waals surface area contributed by atoms with Gasteiger partial charge in [-0.15, -0.1) is 0 Å². The molecule has 0 amide bonds. The molecular weight excluding hydrogens is 466 g/mol. The number of rotatable bonds is 3. The Bertz CT molecular complexity index is 2120. The fraction of sp³-hybridized carbons (Fsp3) is 0. The molecule has 176 valence electrons. The molecule has 0 bridgehead atoms. The summed E-state index contributed by atoms with van der Waals surface area (Å²) >= 11 is 0. The highest BCUT2D eigenvalue weighted by Gasteiger charge is 2.19. The van der Waals surface area contributed by atoms with E-state index in [0.717, 1.165) is 66.9 Å². The first-order valence-electron chi connectivity index (χ1n) is 12.5. The van der Waals surface area contributed by atoms with Crippen LogP contribution in [0, 0.1) is 12.1 Å². The van der Waals surface area contributed by atoms with E-state index in [0.29, 0.717) is 0 Å². The highest BCUT2D eigenvalue weighted by molar-refractivity contribution is 5.94. The Morgan fingerprint density at radius 1 is 0.553 bits per heavy atom. The second-order valence-corrected chi connectivity index (χ2v) is 9.29. The molecule has 8 aromatic rings. The number of benzene rings is 4. The molecule has 8 rings (SSSR count). The van der Waals surface area contributed by atoms with Crippen molar-refractivity contribution in [3.63, 3.8) is 0 Å². The summed E-state index contributed by atoms with van der Waals surface area (Å²) in [7, 11) is 0. The quantitative estimate of drug-likeness (QED) is 0.264. The maximum absolute atomic E-state index is 5.01. The highest BCUT2D eigenvalue weighted by atomic mass is 15.2. The topological polar surface area (TPSA) is 48.0 Å². The monoisotopic (exact) mass is 485 g/mol. The van der Waals surface area contributed by atoms with Gasteiger partial charge in [-0.1, -0.05) is 66.7 Å². The first-order valence-corrected chi connectivity index (χ1v) is 12.5. The van der Waals surface area contributed by atoms with E-state index in [1.54, 1.807) is 0 Å². The van der Waals surface area contributed by atoms with E-state index in [-0.39, 0.29) is 0 Å². The standard InChI is InChI=1S/C33H19N5/c1-2-8-22(9-3-1)23-14-16-24(17-15-23)25-18-19-30-31(20-25)37-29-13-7-6-12-28(29)36-33(37)38(30)32-21-34-26-10-4-5-11-27(26)35-32/h2,4-21H. The summed E-state index contributed by atoms with van der Waals surface area (Å²) < 4.78 is 4.32. The molecule has 0 unspecified atom stereocenters. The largest absolute Gasteiger partial charge is 0.276 e. The second-order valence-electron chi connectivity index (χ2n) is 9.29. The molecule has 38 heavy (non-hydrogen) atoms. The van der Waals surface area contributed by atoms with E-state index in [4.69, 9.17) is 9.97 Å². The van der Waals surface area contributed by atoms with Crippen molar-refractivity contribution in [3.8, 4) is 28.1 Å². The van der Waals surface area contributed by atoms with Gasteiger partial charge < -0.3 is 0 Å². The summed E-state index contributed by atoms with van der Waals surface area (Å²) in [6.45, 7) is 0. The van der Waals surface area contributed by atoms with Crippen LogP contribution in [0.1, 0.15) is 0 Å². The maximum Gasteiger partial charge on any atom is 0.221 e. The molecule has 3 aromatic heterocycles. The average molecular weight is 486 g/mol. The number of aromatic nitrogens is 5. The van der Waals surface area contributed by atoms with Crippen molar-refractivity contribution in [1.29, 1.82) is 0 Å². The van der Waals surface area contributed by atoms with Crippen LogP contribution in [0.15, 0.2) is 115 Å². The summed E-state index contributed by atoms with van der Waals surface area (Å²) in [5.41, 5.74) is 10.4. The van der Waals surface area contributed by atoms with Crippen LogP contribution >= 0.6 is 0 Å². The lowest BCUT2D eigenvalue weighted by atomic mass is 10.0. The number of para-hydroxylation sites is 4. The van der Waals surface area contributed by atoms with Gasteiger partial charge in [-0.3, -0.25) is 14.0 Å². The molecular formula is C33H19N5. The Kier molecular flexibility index (Phi) is 4.37. The normalized spacial score (nSPS) is 11.5. The molecule has 5 aromatic carbocycles. The predicted molar refractivity (Wildman–Crippen MR) is 151 cm³/mol. The minimum Gasteiger partial charge on any atom is -0.276 e. The second kappa shape index (κ2) is 8.02. The van der Waals surface area contributed by atoms with E-state index < -0.39 is 0 Å². The van der Waals surface area contributed by atoms with E-state index in [1.165, 1.54) is 0 Å². The zero-order valence-electron chi connectivity index (χ0n) is 20.2. The maximum atomic E-state index is 5.01. The van der Waals surface area contributed by atoms with Gasteiger partial charge in [-0.2, -0.15) is 0 Å². The smallest absolute Gasteiger partial charge is 0.221 e. The number of fused-ring (bicyclic) bond motifs is 6. The molecule has 0 aliphatic rings. The van der Waals surface area contributed by atoms with Crippen molar-refractivity contribution in [2.45, 2.75) is 0 Å². The summed E-state index contributed by atoms with van der Waals surface area (Å²) in [5, 5.41) is 0. The Morgan fingerprint density at radius 2 is 1.29 bits per heavy atom. The van der Waals surface area contributed by atoms with Crippen LogP contribution in [0.25, 0.3) is 66.9 Å². The molecule has 0 fully saturated rings. The molecule has 5 nitrogen and oxygen atoms in total. The van der Waals surface area contributed by atoms with Gasteiger partial charge in [0.05, 0.1) is 39.3 Å². The molecule has 3 heterocycles. The molecule has 0 N–H and O–H groups in total. The molecule has 5 heteroatoms. The first kappa shape index (κ1) is 20.7. The summed E-state index contributed by atoms with van der Waals surface area (Å²) in [5.74, 6) is 1.56. The Labute approximate surface area is 218 Å². The van der Waals surface area contributed by atoms with Gasteiger partial charge in [0.15, 0.2) is 5.82 Å². The summed E-state index contributed by atoms with van der Waals surface area (Å²) in [6.07, 6.45) is 1.83. The SMILES string of the molecule is c1ccc(-c2ccc(-c3ccc4c(c3)n3c5ccccc5nc3n4-c3cnc4ccccc4n3)cc2)cc#1. The van der Waals surface area contributed by atoms with Crippen LogP contribution in [0.3, 0.4) is 0 Å². The molecule has 0 aliphatic heterocycles. The van der Waals surface area contributed by atoms with Crippen molar-refractivity contribution < 1.29 is 0 Å². The zero-order chi connectivity index (χ0) is 25.1. The summed E-state index contributed by atoms with van der Waals surface area (Å²) in [6, 6.07) is 43.3. The van der Waals surface area contributed by atoms with Gasteiger partial charge in [-0.05, 0) is 76.9 Å². The zero-order valence-corrected chi connectivity index (χ0v) is 20.2.